The van der Waals surface area contributed by atoms with Crippen molar-refractivity contribution in [3.63, 3.8) is 0 Å². The van der Waals surface area contributed by atoms with Gasteiger partial charge in [-0.1, -0.05) is 78.3 Å². The molecular formula is C24H20BN. The number of hydrogen-bond acceptors (Lipinski definition) is 1. The van der Waals surface area contributed by atoms with Crippen LogP contribution in [0, 0.1) is 0 Å². The summed E-state index contributed by atoms with van der Waals surface area (Å²) in [5.74, 6) is 0.402. The molecule has 1 aliphatic carbocycles. The van der Waals surface area contributed by atoms with Gasteiger partial charge in [-0.25, -0.2) is 0 Å². The SMILES string of the molecule is BC1=CC2c3cc(-c4ccccc4)ccc3N(c3ccccc3)C2C=C1. The predicted molar refractivity (Wildman–Crippen MR) is 113 cm³/mol. The molecule has 5 rings (SSSR count). The lowest BCUT2D eigenvalue weighted by Gasteiger charge is -2.29. The Morgan fingerprint density at radius 1 is 0.769 bits per heavy atom. The maximum atomic E-state index is 2.48. The largest absolute Gasteiger partial charge is 0.333 e. The number of para-hydroxylation sites is 1. The first kappa shape index (κ1) is 15.3. The van der Waals surface area contributed by atoms with Crippen LogP contribution in [0.25, 0.3) is 11.1 Å². The van der Waals surface area contributed by atoms with Crippen molar-refractivity contribution < 1.29 is 0 Å². The Kier molecular flexibility index (Phi) is 3.56. The van der Waals surface area contributed by atoms with Gasteiger partial charge in [-0.05, 0) is 41.0 Å². The van der Waals surface area contributed by atoms with Gasteiger partial charge >= 0.3 is 0 Å². The minimum Gasteiger partial charge on any atom is -0.333 e. The molecule has 0 radical (unpaired) electrons. The van der Waals surface area contributed by atoms with Crippen molar-refractivity contribution in [2.75, 3.05) is 4.90 Å². The second kappa shape index (κ2) is 6.07. The molecule has 3 aromatic rings. The third-order valence-corrected chi connectivity index (χ3v) is 5.45. The molecule has 0 spiro atoms. The molecule has 2 aliphatic rings. The normalized spacial score (nSPS) is 20.5. The molecule has 0 saturated carbocycles. The number of hydrogen-bond donors (Lipinski definition) is 0. The van der Waals surface area contributed by atoms with E-state index in [9.17, 15) is 0 Å². The first-order chi connectivity index (χ1) is 12.8. The summed E-state index contributed by atoms with van der Waals surface area (Å²) in [4.78, 5) is 2.48. The average molecular weight is 333 g/mol. The maximum Gasteiger partial charge on any atom is 0.138 e. The predicted octanol–water partition coefficient (Wildman–Crippen LogP) is 5.04. The lowest BCUT2D eigenvalue weighted by atomic mass is 9.81. The van der Waals surface area contributed by atoms with E-state index in [2.05, 4.69) is 110 Å². The molecule has 2 atom stereocenters. The second-order valence-corrected chi connectivity index (χ2v) is 7.13. The van der Waals surface area contributed by atoms with Crippen molar-refractivity contribution in [1.29, 1.82) is 0 Å². The van der Waals surface area contributed by atoms with Gasteiger partial charge in [0.25, 0.3) is 0 Å². The van der Waals surface area contributed by atoms with Crippen LogP contribution in [0.3, 0.4) is 0 Å². The Hall–Kier alpha value is -3.00. The first-order valence-corrected chi connectivity index (χ1v) is 9.21. The molecule has 124 valence electrons. The summed E-state index contributed by atoms with van der Waals surface area (Å²) in [6, 6.07) is 28.7. The van der Waals surface area contributed by atoms with Crippen LogP contribution >= 0.6 is 0 Å². The molecule has 3 aromatic carbocycles. The molecule has 1 nitrogen and oxygen atoms in total. The fraction of sp³-hybridized carbons (Fsp3) is 0.0833. The number of rotatable bonds is 2. The summed E-state index contributed by atoms with van der Waals surface area (Å²) >= 11 is 0. The average Bonchev–Trinajstić information content (AvgIpc) is 3.02. The first-order valence-electron chi connectivity index (χ1n) is 9.21. The van der Waals surface area contributed by atoms with Crippen molar-refractivity contribution in [2.45, 2.75) is 12.0 Å². The molecule has 0 saturated heterocycles. The van der Waals surface area contributed by atoms with E-state index in [1.807, 2.05) is 0 Å². The van der Waals surface area contributed by atoms with E-state index in [1.165, 1.54) is 33.5 Å². The number of allylic oxidation sites excluding steroid dienone is 2. The highest BCUT2D eigenvalue weighted by Gasteiger charge is 2.37. The smallest absolute Gasteiger partial charge is 0.138 e. The monoisotopic (exact) mass is 333 g/mol. The van der Waals surface area contributed by atoms with Gasteiger partial charge in [0.1, 0.15) is 7.85 Å². The van der Waals surface area contributed by atoms with E-state index in [4.69, 9.17) is 0 Å². The third-order valence-electron chi connectivity index (χ3n) is 5.45. The molecule has 1 heterocycles. The van der Waals surface area contributed by atoms with Crippen LogP contribution in [0.1, 0.15) is 11.5 Å². The maximum absolute atomic E-state index is 2.48. The van der Waals surface area contributed by atoms with E-state index in [0.29, 0.717) is 12.0 Å². The lowest BCUT2D eigenvalue weighted by Crippen LogP contribution is -2.29. The van der Waals surface area contributed by atoms with Crippen LogP contribution in [0.15, 0.2) is 103 Å². The van der Waals surface area contributed by atoms with Gasteiger partial charge in [0.15, 0.2) is 0 Å². The summed E-state index contributed by atoms with van der Waals surface area (Å²) in [6.07, 6.45) is 7.03. The van der Waals surface area contributed by atoms with Crippen molar-refractivity contribution in [1.82, 2.24) is 0 Å². The number of fused-ring (bicyclic) bond motifs is 3. The quantitative estimate of drug-likeness (QED) is 0.594. The van der Waals surface area contributed by atoms with Crippen LogP contribution in [-0.4, -0.2) is 13.9 Å². The molecule has 2 unspecified atom stereocenters. The van der Waals surface area contributed by atoms with E-state index in [1.54, 1.807) is 0 Å². The minimum atomic E-state index is 0.349. The number of benzene rings is 3. The zero-order valence-corrected chi connectivity index (χ0v) is 14.8. The molecule has 1 aliphatic heterocycles. The second-order valence-electron chi connectivity index (χ2n) is 7.13. The lowest BCUT2D eigenvalue weighted by molar-refractivity contribution is 0.743. The van der Waals surface area contributed by atoms with E-state index < -0.39 is 0 Å². The topological polar surface area (TPSA) is 3.24 Å². The molecule has 26 heavy (non-hydrogen) atoms. The van der Waals surface area contributed by atoms with Gasteiger partial charge < -0.3 is 4.90 Å². The van der Waals surface area contributed by atoms with Gasteiger partial charge in [0, 0.05) is 17.3 Å². The zero-order valence-electron chi connectivity index (χ0n) is 14.8. The van der Waals surface area contributed by atoms with Gasteiger partial charge in [0.05, 0.1) is 6.04 Å². The van der Waals surface area contributed by atoms with Gasteiger partial charge in [0.2, 0.25) is 0 Å². The van der Waals surface area contributed by atoms with Gasteiger partial charge in [-0.2, -0.15) is 0 Å². The van der Waals surface area contributed by atoms with E-state index in [0.717, 1.165) is 0 Å². The van der Waals surface area contributed by atoms with E-state index in [-0.39, 0.29) is 0 Å². The van der Waals surface area contributed by atoms with Crippen LogP contribution < -0.4 is 4.90 Å². The Balaban J connectivity index is 1.68. The van der Waals surface area contributed by atoms with E-state index >= 15 is 0 Å². The zero-order chi connectivity index (χ0) is 17.5. The molecule has 0 aromatic heterocycles. The molecule has 0 fully saturated rings. The standard InChI is InChI=1S/C24H20BN/c25-19-12-14-24-22(16-19)21-15-18(17-7-3-1-4-8-17)11-13-23(21)26(24)20-9-5-2-6-10-20/h1-16,22,24H,25H2. The molecule has 0 bridgehead atoms. The fourth-order valence-corrected chi connectivity index (χ4v) is 4.24. The van der Waals surface area contributed by atoms with Crippen LogP contribution in [-0.2, 0) is 0 Å². The highest BCUT2D eigenvalue weighted by atomic mass is 15.2. The molecule has 0 amide bonds. The van der Waals surface area contributed by atoms with Crippen LogP contribution in [0.5, 0.6) is 0 Å². The van der Waals surface area contributed by atoms with Gasteiger partial charge in [-0.15, -0.1) is 0 Å². The van der Waals surface area contributed by atoms with Crippen molar-refractivity contribution >= 4 is 19.2 Å². The summed E-state index contributed by atoms with van der Waals surface area (Å²) in [5.41, 5.74) is 7.91. The molecule has 0 N–H and O–H groups in total. The number of anilines is 2. The fourth-order valence-electron chi connectivity index (χ4n) is 4.24. The van der Waals surface area contributed by atoms with Crippen LogP contribution in [0.4, 0.5) is 11.4 Å². The number of nitrogens with zero attached hydrogens (tertiary/aromatic N) is 1. The highest BCUT2D eigenvalue weighted by Crippen LogP contribution is 2.49. The third kappa shape index (κ3) is 2.41. The Morgan fingerprint density at radius 2 is 1.50 bits per heavy atom. The Labute approximate surface area is 155 Å². The minimum absolute atomic E-state index is 0.349. The van der Waals surface area contributed by atoms with Crippen molar-refractivity contribution in [2.24, 2.45) is 0 Å². The van der Waals surface area contributed by atoms with Crippen LogP contribution in [0.2, 0.25) is 0 Å². The Morgan fingerprint density at radius 3 is 2.27 bits per heavy atom. The highest BCUT2D eigenvalue weighted by molar-refractivity contribution is 6.23. The van der Waals surface area contributed by atoms with Gasteiger partial charge in [-0.3, -0.25) is 0 Å². The molecular weight excluding hydrogens is 313 g/mol. The summed E-state index contributed by atoms with van der Waals surface area (Å²) < 4.78 is 0. The summed E-state index contributed by atoms with van der Waals surface area (Å²) in [7, 11) is 2.19. The summed E-state index contributed by atoms with van der Waals surface area (Å²) in [6.45, 7) is 0. The van der Waals surface area contributed by atoms with Crippen molar-refractivity contribution in [3.05, 3.63) is 108 Å². The van der Waals surface area contributed by atoms with Crippen molar-refractivity contribution in [3.8, 4) is 11.1 Å². The Bertz CT molecular complexity index is 1000. The molecule has 2 heteroatoms. The summed E-state index contributed by atoms with van der Waals surface area (Å²) in [5, 5.41) is 0.